The summed E-state index contributed by atoms with van der Waals surface area (Å²) in [6.45, 7) is 0. The van der Waals surface area contributed by atoms with E-state index in [4.69, 9.17) is 0 Å². The fraction of sp³-hybridized carbons (Fsp3) is 0. The molecule has 0 bridgehead atoms. The summed E-state index contributed by atoms with van der Waals surface area (Å²) in [5.41, 5.74) is 0.908. The number of nitrogens with zero attached hydrogens (tertiary/aromatic N) is 3. The average Bonchev–Trinajstić information content (AvgIpc) is 2.62. The zero-order valence-electron chi connectivity index (χ0n) is 6.23. The zero-order chi connectivity index (χ0) is 7.97. The summed E-state index contributed by atoms with van der Waals surface area (Å²) in [5, 5.41) is 2.06. The summed E-state index contributed by atoms with van der Waals surface area (Å²) in [5.74, 6) is 0.746. The van der Waals surface area contributed by atoms with E-state index < -0.39 is 0 Å². The van der Waals surface area contributed by atoms with Crippen LogP contribution in [0.5, 0.6) is 0 Å². The van der Waals surface area contributed by atoms with Gasteiger partial charge < -0.3 is 0 Å². The second-order valence-corrected chi connectivity index (χ2v) is 2.67. The fourth-order valence-corrected chi connectivity index (χ4v) is 1.42. The van der Waals surface area contributed by atoms with Gasteiger partial charge in [-0.25, -0.2) is 15.0 Å². The molecule has 56 valence electrons. The normalized spacial score (nSPS) is 17.0. The standard InChI is InChI=1S/C9H5N3/c1-2-4-7-6(3-1)8-9(12-7)11-5-10-8/h1-5H. The highest BCUT2D eigenvalue weighted by atomic mass is 15.1. The van der Waals surface area contributed by atoms with Gasteiger partial charge in [-0.3, -0.25) is 0 Å². The topological polar surface area (TPSA) is 37.1 Å². The molecule has 0 saturated heterocycles. The second-order valence-electron chi connectivity index (χ2n) is 2.67. The van der Waals surface area contributed by atoms with Crippen molar-refractivity contribution in [2.75, 3.05) is 0 Å². The third-order valence-electron chi connectivity index (χ3n) is 1.96. The molecular weight excluding hydrogens is 150 g/mol. The molecule has 1 aromatic rings. The Balaban J connectivity index is 2.59. The molecule has 0 aromatic heterocycles. The molecule has 3 nitrogen and oxygen atoms in total. The SMILES string of the molecule is C1=NC2=c3ccccc3=NC2=N1. The molecule has 0 saturated carbocycles. The third-order valence-corrected chi connectivity index (χ3v) is 1.96. The van der Waals surface area contributed by atoms with Crippen LogP contribution in [-0.2, 0) is 0 Å². The molecule has 1 aromatic carbocycles. The highest BCUT2D eigenvalue weighted by Crippen LogP contribution is 2.07. The van der Waals surface area contributed by atoms with Crippen LogP contribution in [0.4, 0.5) is 0 Å². The molecule has 0 aliphatic carbocycles. The predicted molar refractivity (Wildman–Crippen MR) is 46.6 cm³/mol. The first-order valence-electron chi connectivity index (χ1n) is 3.74. The molecule has 0 radical (unpaired) electrons. The molecule has 2 heterocycles. The molecule has 0 unspecified atom stereocenters. The van der Waals surface area contributed by atoms with Gasteiger partial charge in [0.05, 0.1) is 5.36 Å². The van der Waals surface area contributed by atoms with Crippen molar-refractivity contribution >= 4 is 17.9 Å². The minimum atomic E-state index is 0.746. The quantitative estimate of drug-likeness (QED) is 0.500. The largest absolute Gasteiger partial charge is 0.232 e. The van der Waals surface area contributed by atoms with E-state index in [1.807, 2.05) is 24.3 Å². The van der Waals surface area contributed by atoms with Crippen LogP contribution in [-0.4, -0.2) is 12.2 Å². The van der Waals surface area contributed by atoms with Crippen LogP contribution < -0.4 is 10.6 Å². The smallest absolute Gasteiger partial charge is 0.180 e. The minimum absolute atomic E-state index is 0.746. The molecule has 0 spiro atoms. The molecule has 12 heavy (non-hydrogen) atoms. The number of para-hydroxylation sites is 1. The van der Waals surface area contributed by atoms with Gasteiger partial charge in [0.1, 0.15) is 12.0 Å². The molecule has 0 atom stereocenters. The number of fused-ring (bicyclic) bond motifs is 2. The Hall–Kier alpha value is -1.77. The number of hydrogen-bond acceptors (Lipinski definition) is 3. The van der Waals surface area contributed by atoms with Crippen LogP contribution in [0, 0.1) is 0 Å². The monoisotopic (exact) mass is 155 g/mol. The van der Waals surface area contributed by atoms with Gasteiger partial charge in [-0.2, -0.15) is 0 Å². The maximum Gasteiger partial charge on any atom is 0.180 e. The lowest BCUT2D eigenvalue weighted by Crippen LogP contribution is -2.21. The lowest BCUT2D eigenvalue weighted by molar-refractivity contribution is 1.39. The first-order valence-corrected chi connectivity index (χ1v) is 3.74. The van der Waals surface area contributed by atoms with Crippen LogP contribution in [0.3, 0.4) is 0 Å². The van der Waals surface area contributed by atoms with Crippen LogP contribution in [0.1, 0.15) is 0 Å². The van der Waals surface area contributed by atoms with E-state index in [9.17, 15) is 0 Å². The molecule has 0 N–H and O–H groups in total. The Morgan fingerprint density at radius 2 is 2.00 bits per heavy atom. The van der Waals surface area contributed by atoms with Crippen molar-refractivity contribution in [3.05, 3.63) is 34.8 Å². The van der Waals surface area contributed by atoms with Crippen LogP contribution >= 0.6 is 0 Å². The van der Waals surface area contributed by atoms with E-state index in [0.717, 1.165) is 22.1 Å². The lowest BCUT2D eigenvalue weighted by atomic mass is 10.2. The molecule has 0 amide bonds. The highest BCUT2D eigenvalue weighted by Gasteiger charge is 2.15. The molecule has 3 heteroatoms. The zero-order valence-corrected chi connectivity index (χ0v) is 6.23. The van der Waals surface area contributed by atoms with Crippen LogP contribution in [0.25, 0.3) is 5.70 Å². The van der Waals surface area contributed by atoms with Crippen LogP contribution in [0.15, 0.2) is 39.2 Å². The fourth-order valence-electron chi connectivity index (χ4n) is 1.42. The summed E-state index contributed by atoms with van der Waals surface area (Å²) in [6, 6.07) is 7.93. The van der Waals surface area contributed by atoms with E-state index in [2.05, 4.69) is 15.0 Å². The number of rotatable bonds is 0. The van der Waals surface area contributed by atoms with Gasteiger partial charge in [-0.15, -0.1) is 0 Å². The van der Waals surface area contributed by atoms with Crippen molar-refractivity contribution in [1.29, 1.82) is 0 Å². The van der Waals surface area contributed by atoms with Gasteiger partial charge in [0.25, 0.3) is 0 Å². The summed E-state index contributed by atoms with van der Waals surface area (Å²) in [4.78, 5) is 12.5. The minimum Gasteiger partial charge on any atom is -0.232 e. The number of amidine groups is 1. The Morgan fingerprint density at radius 3 is 3.00 bits per heavy atom. The van der Waals surface area contributed by atoms with Crippen LogP contribution in [0.2, 0.25) is 0 Å². The van der Waals surface area contributed by atoms with Crippen molar-refractivity contribution in [1.82, 2.24) is 0 Å². The maximum absolute atomic E-state index is 4.30. The van der Waals surface area contributed by atoms with Gasteiger partial charge in [0.15, 0.2) is 5.84 Å². The van der Waals surface area contributed by atoms with Gasteiger partial charge >= 0.3 is 0 Å². The summed E-state index contributed by atoms with van der Waals surface area (Å²) < 4.78 is 0. The Bertz CT molecular complexity index is 523. The molecular formula is C9H5N3. The maximum atomic E-state index is 4.30. The molecule has 3 rings (SSSR count). The van der Waals surface area contributed by atoms with Crippen molar-refractivity contribution in [3.8, 4) is 0 Å². The van der Waals surface area contributed by atoms with E-state index in [-0.39, 0.29) is 0 Å². The van der Waals surface area contributed by atoms with E-state index in [1.165, 1.54) is 0 Å². The lowest BCUT2D eigenvalue weighted by Gasteiger charge is -1.83. The molecule has 2 aliphatic heterocycles. The van der Waals surface area contributed by atoms with Crippen molar-refractivity contribution in [2.24, 2.45) is 15.0 Å². The van der Waals surface area contributed by atoms with E-state index in [1.54, 1.807) is 6.34 Å². The Morgan fingerprint density at radius 1 is 1.08 bits per heavy atom. The third kappa shape index (κ3) is 0.580. The van der Waals surface area contributed by atoms with E-state index >= 15 is 0 Å². The van der Waals surface area contributed by atoms with Crippen molar-refractivity contribution < 1.29 is 0 Å². The Kier molecular flexibility index (Phi) is 0.913. The summed E-state index contributed by atoms with van der Waals surface area (Å²) >= 11 is 0. The summed E-state index contributed by atoms with van der Waals surface area (Å²) in [7, 11) is 0. The molecule has 2 aliphatic rings. The van der Waals surface area contributed by atoms with Crippen molar-refractivity contribution in [2.45, 2.75) is 0 Å². The highest BCUT2D eigenvalue weighted by molar-refractivity contribution is 6.24. The van der Waals surface area contributed by atoms with Gasteiger partial charge in [0, 0.05) is 5.22 Å². The number of aliphatic imine (C=N–C) groups is 2. The van der Waals surface area contributed by atoms with Gasteiger partial charge in [-0.1, -0.05) is 18.2 Å². The predicted octanol–water partition coefficient (Wildman–Crippen LogP) is -0.132. The number of hydrogen-bond donors (Lipinski definition) is 0. The second kappa shape index (κ2) is 1.88. The first kappa shape index (κ1) is 5.83. The van der Waals surface area contributed by atoms with Crippen molar-refractivity contribution in [3.63, 3.8) is 0 Å². The number of benzene rings is 1. The molecule has 0 fully saturated rings. The Labute approximate surface area is 68.5 Å². The van der Waals surface area contributed by atoms with Gasteiger partial charge in [0.2, 0.25) is 0 Å². The van der Waals surface area contributed by atoms with E-state index in [0.29, 0.717) is 0 Å². The average molecular weight is 155 g/mol. The first-order chi connectivity index (χ1) is 5.95. The van der Waals surface area contributed by atoms with Gasteiger partial charge in [-0.05, 0) is 6.07 Å². The summed E-state index contributed by atoms with van der Waals surface area (Å²) in [6.07, 6.45) is 1.55.